The van der Waals surface area contributed by atoms with Gasteiger partial charge in [0.2, 0.25) is 0 Å². The Morgan fingerprint density at radius 3 is 2.42 bits per heavy atom. The highest BCUT2D eigenvalue weighted by Crippen LogP contribution is 2.17. The van der Waals surface area contributed by atoms with Crippen LogP contribution in [0.25, 0.3) is 0 Å². The third kappa shape index (κ3) is 5.16. The van der Waals surface area contributed by atoms with E-state index in [1.165, 1.54) is 12.8 Å². The first kappa shape index (κ1) is 11.5. The fraction of sp³-hybridized carbons (Fsp3) is 0.900. The van der Waals surface area contributed by atoms with Crippen molar-refractivity contribution in [3.05, 3.63) is 0 Å². The van der Waals surface area contributed by atoms with Crippen LogP contribution < -0.4 is 0 Å². The van der Waals surface area contributed by atoms with Crippen molar-refractivity contribution >= 4 is 5.97 Å². The third-order valence-electron chi connectivity index (χ3n) is 2.23. The monoisotopic (exact) mass is 172 g/mol. The van der Waals surface area contributed by atoms with Gasteiger partial charge >= 0.3 is 5.97 Å². The van der Waals surface area contributed by atoms with Gasteiger partial charge in [-0.3, -0.25) is 4.79 Å². The predicted molar refractivity (Wildman–Crippen MR) is 50.1 cm³/mol. The molecule has 0 aromatic rings. The molecule has 0 aliphatic rings. The Kier molecular flexibility index (Phi) is 5.77. The van der Waals surface area contributed by atoms with Crippen molar-refractivity contribution < 1.29 is 9.90 Å². The molecule has 2 heteroatoms. The van der Waals surface area contributed by atoms with Gasteiger partial charge in [-0.05, 0) is 12.3 Å². The number of carboxylic acid groups (broad SMARTS) is 1. The Morgan fingerprint density at radius 2 is 2.00 bits per heavy atom. The van der Waals surface area contributed by atoms with Crippen LogP contribution in [0.15, 0.2) is 0 Å². The molecular weight excluding hydrogens is 152 g/mol. The lowest BCUT2D eigenvalue weighted by molar-refractivity contribution is -0.141. The molecule has 0 aromatic carbocycles. The first-order chi connectivity index (χ1) is 5.57. The summed E-state index contributed by atoms with van der Waals surface area (Å²) in [6.07, 6.45) is 4.39. The Morgan fingerprint density at radius 1 is 1.42 bits per heavy atom. The van der Waals surface area contributed by atoms with E-state index in [1.54, 1.807) is 6.92 Å². The third-order valence-corrected chi connectivity index (χ3v) is 2.23. The lowest BCUT2D eigenvalue weighted by Crippen LogP contribution is -2.13. The standard InChI is InChI=1S/C10H20O2/c1-4-5-6-8(2)7-9(3)10(11)12/h8-9H,4-7H2,1-3H3,(H,11,12)/t8-,9-/m1/s1. The second-order valence-corrected chi connectivity index (χ2v) is 3.72. The largest absolute Gasteiger partial charge is 0.481 e. The van der Waals surface area contributed by atoms with Crippen LogP contribution in [0.3, 0.4) is 0 Å². The number of carboxylic acids is 1. The van der Waals surface area contributed by atoms with Crippen LogP contribution in [-0.2, 0) is 4.79 Å². The number of carbonyl (C=O) groups is 1. The smallest absolute Gasteiger partial charge is 0.306 e. The molecule has 0 spiro atoms. The van der Waals surface area contributed by atoms with Crippen LogP contribution in [0.4, 0.5) is 0 Å². The van der Waals surface area contributed by atoms with Crippen LogP contribution in [0.2, 0.25) is 0 Å². The average molecular weight is 172 g/mol. The molecule has 0 heterocycles. The van der Waals surface area contributed by atoms with Gasteiger partial charge in [0, 0.05) is 0 Å². The number of hydrogen-bond donors (Lipinski definition) is 1. The second kappa shape index (κ2) is 6.04. The van der Waals surface area contributed by atoms with Gasteiger partial charge in [0.25, 0.3) is 0 Å². The lowest BCUT2D eigenvalue weighted by Gasteiger charge is -2.13. The van der Waals surface area contributed by atoms with Gasteiger partial charge in [0.15, 0.2) is 0 Å². The summed E-state index contributed by atoms with van der Waals surface area (Å²) in [6, 6.07) is 0. The van der Waals surface area contributed by atoms with Crippen LogP contribution >= 0.6 is 0 Å². The molecule has 2 nitrogen and oxygen atoms in total. The van der Waals surface area contributed by atoms with E-state index in [4.69, 9.17) is 5.11 Å². The highest BCUT2D eigenvalue weighted by molar-refractivity contribution is 5.69. The minimum absolute atomic E-state index is 0.183. The summed E-state index contributed by atoms with van der Waals surface area (Å²) >= 11 is 0. The molecule has 72 valence electrons. The molecule has 0 fully saturated rings. The van der Waals surface area contributed by atoms with E-state index in [1.807, 2.05) is 0 Å². The van der Waals surface area contributed by atoms with E-state index in [0.29, 0.717) is 5.92 Å². The Hall–Kier alpha value is -0.530. The van der Waals surface area contributed by atoms with Crippen molar-refractivity contribution in [2.75, 3.05) is 0 Å². The van der Waals surface area contributed by atoms with E-state index in [2.05, 4.69) is 13.8 Å². The first-order valence-electron chi connectivity index (χ1n) is 4.80. The van der Waals surface area contributed by atoms with Crippen molar-refractivity contribution in [3.63, 3.8) is 0 Å². The quantitative estimate of drug-likeness (QED) is 0.668. The molecule has 0 amide bonds. The van der Waals surface area contributed by atoms with Crippen LogP contribution in [0.5, 0.6) is 0 Å². The van der Waals surface area contributed by atoms with Gasteiger partial charge in [0.05, 0.1) is 5.92 Å². The topological polar surface area (TPSA) is 37.3 Å². The molecule has 0 bridgehead atoms. The number of unbranched alkanes of at least 4 members (excludes halogenated alkanes) is 1. The molecule has 0 unspecified atom stereocenters. The molecule has 0 saturated heterocycles. The average Bonchev–Trinajstić information content (AvgIpc) is 2.00. The molecule has 0 aliphatic heterocycles. The van der Waals surface area contributed by atoms with E-state index >= 15 is 0 Å². The molecule has 1 N–H and O–H groups in total. The summed E-state index contributed by atoms with van der Waals surface area (Å²) in [6.45, 7) is 6.08. The summed E-state index contributed by atoms with van der Waals surface area (Å²) in [4.78, 5) is 10.5. The summed E-state index contributed by atoms with van der Waals surface area (Å²) in [5.41, 5.74) is 0. The van der Waals surface area contributed by atoms with Crippen LogP contribution in [-0.4, -0.2) is 11.1 Å². The van der Waals surface area contributed by atoms with Crippen LogP contribution in [0, 0.1) is 11.8 Å². The molecule has 0 aromatic heterocycles. The zero-order valence-electron chi connectivity index (χ0n) is 8.34. The summed E-state index contributed by atoms with van der Waals surface area (Å²) in [7, 11) is 0. The zero-order valence-corrected chi connectivity index (χ0v) is 8.34. The van der Waals surface area contributed by atoms with Gasteiger partial charge in [-0.2, -0.15) is 0 Å². The maximum Gasteiger partial charge on any atom is 0.306 e. The molecule has 0 saturated carbocycles. The maximum atomic E-state index is 10.5. The highest BCUT2D eigenvalue weighted by Gasteiger charge is 2.14. The molecule has 0 aliphatic carbocycles. The van der Waals surface area contributed by atoms with Crippen molar-refractivity contribution in [2.45, 2.75) is 46.5 Å². The predicted octanol–water partition coefficient (Wildman–Crippen LogP) is 2.92. The molecule has 2 atom stereocenters. The minimum Gasteiger partial charge on any atom is -0.481 e. The van der Waals surface area contributed by atoms with E-state index in [9.17, 15) is 4.79 Å². The van der Waals surface area contributed by atoms with E-state index in [0.717, 1.165) is 12.8 Å². The maximum absolute atomic E-state index is 10.5. The second-order valence-electron chi connectivity index (χ2n) is 3.72. The Bertz CT molecular complexity index is 132. The van der Waals surface area contributed by atoms with Crippen molar-refractivity contribution in [1.82, 2.24) is 0 Å². The summed E-state index contributed by atoms with van der Waals surface area (Å²) < 4.78 is 0. The van der Waals surface area contributed by atoms with Gasteiger partial charge in [-0.1, -0.05) is 40.0 Å². The van der Waals surface area contributed by atoms with Crippen molar-refractivity contribution in [2.24, 2.45) is 11.8 Å². The fourth-order valence-corrected chi connectivity index (χ4v) is 1.37. The van der Waals surface area contributed by atoms with Crippen LogP contribution in [0.1, 0.15) is 46.5 Å². The minimum atomic E-state index is -0.668. The number of aliphatic carboxylic acids is 1. The van der Waals surface area contributed by atoms with E-state index < -0.39 is 5.97 Å². The summed E-state index contributed by atoms with van der Waals surface area (Å²) in [5, 5.41) is 8.66. The van der Waals surface area contributed by atoms with Crippen molar-refractivity contribution in [3.8, 4) is 0 Å². The molecular formula is C10H20O2. The lowest BCUT2D eigenvalue weighted by atomic mass is 9.93. The molecule has 0 radical (unpaired) electrons. The normalized spacial score (nSPS) is 15.6. The first-order valence-corrected chi connectivity index (χ1v) is 4.80. The van der Waals surface area contributed by atoms with Gasteiger partial charge < -0.3 is 5.11 Å². The van der Waals surface area contributed by atoms with Gasteiger partial charge in [-0.15, -0.1) is 0 Å². The SMILES string of the molecule is CCCC[C@@H](C)C[C@@H](C)C(=O)O. The highest BCUT2D eigenvalue weighted by atomic mass is 16.4. The number of hydrogen-bond acceptors (Lipinski definition) is 1. The van der Waals surface area contributed by atoms with Gasteiger partial charge in [0.1, 0.15) is 0 Å². The zero-order chi connectivity index (χ0) is 9.56. The number of rotatable bonds is 6. The Labute approximate surface area is 75.0 Å². The fourth-order valence-electron chi connectivity index (χ4n) is 1.37. The molecule has 12 heavy (non-hydrogen) atoms. The summed E-state index contributed by atoms with van der Waals surface area (Å²) in [5.74, 6) is -0.300. The van der Waals surface area contributed by atoms with Gasteiger partial charge in [-0.25, -0.2) is 0 Å². The van der Waals surface area contributed by atoms with Crippen molar-refractivity contribution in [1.29, 1.82) is 0 Å². The Balaban J connectivity index is 3.53. The van der Waals surface area contributed by atoms with E-state index in [-0.39, 0.29) is 5.92 Å². The molecule has 0 rings (SSSR count).